The fourth-order valence-corrected chi connectivity index (χ4v) is 17.8. The molecule has 0 spiro atoms. The van der Waals surface area contributed by atoms with Crippen LogP contribution in [-0.4, -0.2) is 19.9 Å². The molecule has 3 aromatic heterocycles. The summed E-state index contributed by atoms with van der Waals surface area (Å²) in [7, 11) is 0. The second-order valence-electron chi connectivity index (χ2n) is 30.2. The molecule has 23 rings (SSSR count). The van der Waals surface area contributed by atoms with Crippen LogP contribution in [0.2, 0.25) is 0 Å². The second-order valence-corrected chi connectivity index (χ2v) is 30.2. The van der Waals surface area contributed by atoms with Crippen LogP contribution in [0, 0.1) is 0 Å². The number of hydrogen-bond acceptors (Lipinski definition) is 4. The maximum absolute atomic E-state index is 5.28. The molecule has 0 amide bonds. The molecule has 0 saturated carbocycles. The molecule has 0 bridgehead atoms. The van der Waals surface area contributed by atoms with Crippen molar-refractivity contribution in [3.8, 4) is 112 Å². The fourth-order valence-electron chi connectivity index (χ4n) is 17.8. The molecule has 0 saturated heterocycles. The van der Waals surface area contributed by atoms with E-state index in [1.54, 1.807) is 6.20 Å². The van der Waals surface area contributed by atoms with Gasteiger partial charge in [0.25, 0.3) is 0 Å². The van der Waals surface area contributed by atoms with Crippen LogP contribution in [0.4, 0.5) is 0 Å². The molecule has 3 heterocycles. The van der Waals surface area contributed by atoms with Crippen LogP contribution < -0.4 is 0 Å². The molecule has 0 radical (unpaired) electrons. The van der Waals surface area contributed by atoms with Crippen molar-refractivity contribution in [2.45, 2.75) is 0 Å². The summed E-state index contributed by atoms with van der Waals surface area (Å²) in [6.07, 6.45) is 7.41. The van der Waals surface area contributed by atoms with Crippen LogP contribution in [0.3, 0.4) is 0 Å². The standard InChI is InChI=1S/C43H27N3.C36H24.C35H23N/c1-3-13-33-30(10-1)24-39(37-17-7-5-15-35(33)37)41-26-42(40-25-31-11-2-4-14-34(31)36-16-6-8-18-38(36)40)46-43(45-41)29-21-19-28(20-22-29)32-12-9-23-44-27-32;1-2-12-27(13-3-1)35-31-16-6-8-18-33(31)36(34-19-9-7-17-32(34)35)28-23-21-26(22-24-28)30-20-10-14-25-11-4-5-15-29(25)30;1-2-9-27-22-28(20-17-24(27)8-1)35-32-13-5-3-11-30(32)34(31-12-4-6-14-33(31)35)26-18-15-25(16-19-26)29-10-7-21-36-23-29/h1-27H;1-24H;1-23H. The van der Waals surface area contributed by atoms with Crippen molar-refractivity contribution in [1.29, 1.82) is 0 Å². The molecule has 550 valence electrons. The highest BCUT2D eigenvalue weighted by Gasteiger charge is 2.22. The molecule has 0 atom stereocenters. The van der Waals surface area contributed by atoms with Crippen LogP contribution in [0.5, 0.6) is 0 Å². The zero-order chi connectivity index (χ0) is 78.2. The minimum absolute atomic E-state index is 0.694. The van der Waals surface area contributed by atoms with E-state index >= 15 is 0 Å². The Morgan fingerprint density at radius 3 is 0.898 bits per heavy atom. The maximum Gasteiger partial charge on any atom is 0.160 e. The third-order valence-corrected chi connectivity index (χ3v) is 23.4. The average molecular weight is 1500 g/mol. The van der Waals surface area contributed by atoms with Gasteiger partial charge in [0.15, 0.2) is 5.82 Å². The predicted octanol–water partition coefficient (Wildman–Crippen LogP) is 30.8. The highest BCUT2D eigenvalue weighted by Crippen LogP contribution is 2.48. The monoisotopic (exact) mass is 1500 g/mol. The van der Waals surface area contributed by atoms with E-state index < -0.39 is 0 Å². The van der Waals surface area contributed by atoms with Gasteiger partial charge in [-0.3, -0.25) is 9.97 Å². The van der Waals surface area contributed by atoms with Gasteiger partial charge in [0.05, 0.1) is 11.4 Å². The van der Waals surface area contributed by atoms with Gasteiger partial charge in [-0.2, -0.15) is 0 Å². The predicted molar refractivity (Wildman–Crippen MR) is 500 cm³/mol. The van der Waals surface area contributed by atoms with E-state index in [-0.39, 0.29) is 0 Å². The van der Waals surface area contributed by atoms with Gasteiger partial charge in [0.2, 0.25) is 0 Å². The minimum Gasteiger partial charge on any atom is -0.264 e. The van der Waals surface area contributed by atoms with Crippen molar-refractivity contribution < 1.29 is 0 Å². The van der Waals surface area contributed by atoms with Crippen LogP contribution >= 0.6 is 0 Å². The van der Waals surface area contributed by atoms with Gasteiger partial charge in [-0.25, -0.2) is 9.97 Å². The summed E-state index contributed by atoms with van der Waals surface area (Å²) in [4.78, 5) is 19.1. The Morgan fingerprint density at radius 2 is 0.458 bits per heavy atom. The molecule has 20 aromatic carbocycles. The molecule has 4 heteroatoms. The normalized spacial score (nSPS) is 11.4. The van der Waals surface area contributed by atoms with Crippen molar-refractivity contribution in [1.82, 2.24) is 19.9 Å². The minimum atomic E-state index is 0.694. The molecule has 0 aliphatic rings. The first-order chi connectivity index (χ1) is 58.5. The van der Waals surface area contributed by atoms with Crippen LogP contribution in [0.15, 0.2) is 449 Å². The van der Waals surface area contributed by atoms with E-state index in [9.17, 15) is 0 Å². The van der Waals surface area contributed by atoms with E-state index in [1.807, 2.05) is 30.7 Å². The fraction of sp³-hybridized carbons (Fsp3) is 0. The summed E-state index contributed by atoms with van der Waals surface area (Å²) in [6, 6.07) is 152. The molecule has 0 aliphatic carbocycles. The molecule has 0 aliphatic heterocycles. The van der Waals surface area contributed by atoms with Gasteiger partial charge >= 0.3 is 0 Å². The lowest BCUT2D eigenvalue weighted by molar-refractivity contribution is 1.19. The number of pyridine rings is 2. The van der Waals surface area contributed by atoms with Crippen molar-refractivity contribution in [3.05, 3.63) is 449 Å². The van der Waals surface area contributed by atoms with Gasteiger partial charge in [0, 0.05) is 41.5 Å². The first-order valence-electron chi connectivity index (χ1n) is 40.3. The van der Waals surface area contributed by atoms with Crippen molar-refractivity contribution >= 4 is 108 Å². The Balaban J connectivity index is 0.000000111. The Kier molecular flexibility index (Phi) is 18.3. The molecule has 0 N–H and O–H groups in total. The second kappa shape index (κ2) is 30.7. The quantitative estimate of drug-likeness (QED) is 0.101. The van der Waals surface area contributed by atoms with Crippen LogP contribution in [-0.2, 0) is 0 Å². The summed E-state index contributed by atoms with van der Waals surface area (Å²) in [5.41, 5.74) is 22.1. The molecule has 23 aromatic rings. The molecule has 4 nitrogen and oxygen atoms in total. The molecular weight excluding hydrogens is 1430 g/mol. The van der Waals surface area contributed by atoms with Crippen molar-refractivity contribution in [2.24, 2.45) is 0 Å². The van der Waals surface area contributed by atoms with Gasteiger partial charge in [-0.1, -0.05) is 388 Å². The highest BCUT2D eigenvalue weighted by atomic mass is 14.9. The summed E-state index contributed by atoms with van der Waals surface area (Å²) >= 11 is 0. The number of hydrogen-bond donors (Lipinski definition) is 0. The molecule has 0 fully saturated rings. The lowest BCUT2D eigenvalue weighted by Crippen LogP contribution is -1.97. The van der Waals surface area contributed by atoms with Crippen LogP contribution in [0.1, 0.15) is 0 Å². The Bertz CT molecular complexity index is 7500. The average Bonchev–Trinajstić information content (AvgIpc) is 0.741. The van der Waals surface area contributed by atoms with Gasteiger partial charge < -0.3 is 0 Å². The first kappa shape index (κ1) is 70.3. The topological polar surface area (TPSA) is 51.6 Å². The van der Waals surface area contributed by atoms with E-state index in [1.165, 1.54) is 169 Å². The summed E-state index contributed by atoms with van der Waals surface area (Å²) in [5, 5.41) is 25.0. The van der Waals surface area contributed by atoms with E-state index in [4.69, 9.17) is 9.97 Å². The Morgan fingerprint density at radius 1 is 0.144 bits per heavy atom. The number of rotatable bonds is 10. The summed E-state index contributed by atoms with van der Waals surface area (Å²) < 4.78 is 0. The lowest BCUT2D eigenvalue weighted by atomic mass is 9.85. The van der Waals surface area contributed by atoms with Gasteiger partial charge in [0.1, 0.15) is 0 Å². The van der Waals surface area contributed by atoms with E-state index in [0.717, 1.165) is 44.8 Å². The highest BCUT2D eigenvalue weighted by molar-refractivity contribution is 6.24. The maximum atomic E-state index is 5.28. The third-order valence-electron chi connectivity index (χ3n) is 23.4. The smallest absolute Gasteiger partial charge is 0.160 e. The summed E-state index contributed by atoms with van der Waals surface area (Å²) in [6.45, 7) is 0. The Labute approximate surface area is 684 Å². The van der Waals surface area contributed by atoms with Gasteiger partial charge in [-0.15, -0.1) is 0 Å². The van der Waals surface area contributed by atoms with E-state index in [2.05, 4.69) is 422 Å². The van der Waals surface area contributed by atoms with Gasteiger partial charge in [-0.05, 0) is 222 Å². The van der Waals surface area contributed by atoms with E-state index in [0.29, 0.717) is 5.82 Å². The number of nitrogens with zero attached hydrogens (tertiary/aromatic N) is 4. The Hall–Kier alpha value is -15.6. The zero-order valence-electron chi connectivity index (χ0n) is 64.5. The number of benzene rings is 20. The zero-order valence-corrected chi connectivity index (χ0v) is 64.5. The molecule has 118 heavy (non-hydrogen) atoms. The molecule has 0 unspecified atom stereocenters. The summed E-state index contributed by atoms with van der Waals surface area (Å²) in [5.74, 6) is 0.694. The lowest BCUT2D eigenvalue weighted by Gasteiger charge is -2.18. The third kappa shape index (κ3) is 13.1. The largest absolute Gasteiger partial charge is 0.264 e. The van der Waals surface area contributed by atoms with Crippen molar-refractivity contribution in [2.75, 3.05) is 0 Å². The van der Waals surface area contributed by atoms with Crippen molar-refractivity contribution in [3.63, 3.8) is 0 Å². The molecular formula is C114H74N4. The number of fused-ring (bicyclic) bond motifs is 12. The SMILES string of the molecule is c1ccc(-c2c3ccccc3c(-c3ccc(-c4cccc5ccccc45)cc3)c3ccccc23)cc1.c1cncc(-c2ccc(-c3c4ccccc4c(-c4ccc5ccccc5c4)c4ccccc34)cc2)c1.c1cncc(-c2ccc(-c3nc(-c4cc5ccccc5c5ccccc45)cc(-c4cc5ccccc5c5ccccc45)n3)cc2)c1. The number of aromatic nitrogens is 4. The first-order valence-corrected chi connectivity index (χ1v) is 40.3. The van der Waals surface area contributed by atoms with Crippen LogP contribution in [0.25, 0.3) is 220 Å².